The monoisotopic (exact) mass is 226 g/mol. The summed E-state index contributed by atoms with van der Waals surface area (Å²) >= 11 is 0. The first-order valence-electron chi connectivity index (χ1n) is 6.75. The molecular formula is C13H26N2O. The normalized spacial score (nSPS) is 17.4. The minimum atomic E-state index is 0.245. The average Bonchev–Trinajstić information content (AvgIpc) is 2.30. The molecule has 0 aromatic rings. The van der Waals surface area contributed by atoms with E-state index in [-0.39, 0.29) is 5.91 Å². The molecule has 0 aromatic heterocycles. The van der Waals surface area contributed by atoms with Crippen LogP contribution in [0, 0.1) is 5.92 Å². The van der Waals surface area contributed by atoms with Crippen molar-refractivity contribution in [1.82, 2.24) is 4.90 Å². The topological polar surface area (TPSA) is 46.3 Å². The van der Waals surface area contributed by atoms with Gasteiger partial charge in [0.1, 0.15) is 0 Å². The second kappa shape index (κ2) is 7.66. The maximum absolute atomic E-state index is 11.9. The molecule has 0 spiro atoms. The lowest BCUT2D eigenvalue weighted by atomic mass is 9.89. The summed E-state index contributed by atoms with van der Waals surface area (Å²) in [6.45, 7) is 4.47. The fourth-order valence-electron chi connectivity index (χ4n) is 2.55. The third-order valence-corrected chi connectivity index (χ3v) is 3.41. The summed E-state index contributed by atoms with van der Waals surface area (Å²) in [5, 5.41) is 0. The first-order valence-corrected chi connectivity index (χ1v) is 6.75. The van der Waals surface area contributed by atoms with Gasteiger partial charge in [0.2, 0.25) is 5.91 Å². The maximum atomic E-state index is 11.9. The van der Waals surface area contributed by atoms with Crippen molar-refractivity contribution in [1.29, 1.82) is 0 Å². The molecule has 0 saturated heterocycles. The zero-order chi connectivity index (χ0) is 11.8. The second-order valence-corrected chi connectivity index (χ2v) is 4.88. The number of carbonyl (C=O) groups excluding carboxylic acids is 1. The highest BCUT2D eigenvalue weighted by atomic mass is 16.2. The van der Waals surface area contributed by atoms with Crippen molar-refractivity contribution in [2.24, 2.45) is 11.7 Å². The summed E-state index contributed by atoms with van der Waals surface area (Å²) in [5.41, 5.74) is 5.45. The van der Waals surface area contributed by atoms with Crippen LogP contribution in [0.5, 0.6) is 0 Å². The molecule has 2 N–H and O–H groups in total. The van der Waals surface area contributed by atoms with E-state index in [1.165, 1.54) is 32.1 Å². The van der Waals surface area contributed by atoms with Gasteiger partial charge in [0.15, 0.2) is 0 Å². The second-order valence-electron chi connectivity index (χ2n) is 4.88. The van der Waals surface area contributed by atoms with Gasteiger partial charge >= 0.3 is 0 Å². The lowest BCUT2D eigenvalue weighted by Crippen LogP contribution is -2.37. The molecular weight excluding hydrogens is 200 g/mol. The highest BCUT2D eigenvalue weighted by Gasteiger charge is 2.19. The molecule has 0 radical (unpaired) electrons. The number of amides is 1. The molecule has 1 amide bonds. The van der Waals surface area contributed by atoms with Crippen LogP contribution in [0.1, 0.15) is 51.9 Å². The van der Waals surface area contributed by atoms with E-state index in [0.717, 1.165) is 25.4 Å². The predicted molar refractivity (Wildman–Crippen MR) is 67.1 cm³/mol. The Kier molecular flexibility index (Phi) is 6.46. The first-order chi connectivity index (χ1) is 7.77. The SMILES string of the molecule is CCCN(CC1CCCCC1)C(=O)CCN. The van der Waals surface area contributed by atoms with Crippen LogP contribution in [0.25, 0.3) is 0 Å². The number of nitrogens with zero attached hydrogens (tertiary/aromatic N) is 1. The van der Waals surface area contributed by atoms with Gasteiger partial charge in [-0.2, -0.15) is 0 Å². The van der Waals surface area contributed by atoms with Crippen LogP contribution < -0.4 is 5.73 Å². The van der Waals surface area contributed by atoms with E-state index in [1.807, 2.05) is 4.90 Å². The van der Waals surface area contributed by atoms with Gasteiger partial charge in [-0.15, -0.1) is 0 Å². The molecule has 0 atom stereocenters. The minimum Gasteiger partial charge on any atom is -0.342 e. The van der Waals surface area contributed by atoms with Gasteiger partial charge in [-0.05, 0) is 25.2 Å². The molecule has 0 aromatic carbocycles. The zero-order valence-corrected chi connectivity index (χ0v) is 10.6. The summed E-state index contributed by atoms with van der Waals surface area (Å²) in [6.07, 6.45) is 8.22. The molecule has 1 aliphatic carbocycles. The van der Waals surface area contributed by atoms with Crippen LogP contribution in [-0.4, -0.2) is 30.4 Å². The summed E-state index contributed by atoms with van der Waals surface area (Å²) in [4.78, 5) is 13.9. The number of rotatable bonds is 6. The Bertz CT molecular complexity index is 200. The average molecular weight is 226 g/mol. The minimum absolute atomic E-state index is 0.245. The fraction of sp³-hybridized carbons (Fsp3) is 0.923. The Balaban J connectivity index is 2.39. The Morgan fingerprint density at radius 2 is 2.00 bits per heavy atom. The molecule has 16 heavy (non-hydrogen) atoms. The van der Waals surface area contributed by atoms with E-state index in [4.69, 9.17) is 5.73 Å². The van der Waals surface area contributed by atoms with Crippen LogP contribution in [0.15, 0.2) is 0 Å². The molecule has 0 unspecified atom stereocenters. The largest absolute Gasteiger partial charge is 0.342 e. The standard InChI is InChI=1S/C13H26N2O/c1-2-10-15(13(16)8-9-14)11-12-6-4-3-5-7-12/h12H,2-11,14H2,1H3. The van der Waals surface area contributed by atoms with E-state index in [1.54, 1.807) is 0 Å². The predicted octanol–water partition coefficient (Wildman–Crippen LogP) is 2.15. The third-order valence-electron chi connectivity index (χ3n) is 3.41. The Morgan fingerprint density at radius 3 is 2.56 bits per heavy atom. The summed E-state index contributed by atoms with van der Waals surface area (Å²) in [5.74, 6) is 0.983. The Morgan fingerprint density at radius 1 is 1.31 bits per heavy atom. The van der Waals surface area contributed by atoms with Crippen LogP contribution in [0.4, 0.5) is 0 Å². The molecule has 1 saturated carbocycles. The summed E-state index contributed by atoms with van der Waals surface area (Å²) in [7, 11) is 0. The molecule has 1 rings (SSSR count). The number of nitrogens with two attached hydrogens (primary N) is 1. The molecule has 1 fully saturated rings. The number of carbonyl (C=O) groups is 1. The van der Waals surface area contributed by atoms with Gasteiger partial charge in [-0.25, -0.2) is 0 Å². The van der Waals surface area contributed by atoms with Gasteiger partial charge < -0.3 is 10.6 Å². The van der Waals surface area contributed by atoms with E-state index < -0.39 is 0 Å². The molecule has 94 valence electrons. The van der Waals surface area contributed by atoms with Gasteiger partial charge in [0.05, 0.1) is 0 Å². The number of hydrogen-bond acceptors (Lipinski definition) is 2. The van der Waals surface area contributed by atoms with Gasteiger partial charge in [-0.1, -0.05) is 26.2 Å². The van der Waals surface area contributed by atoms with Crippen molar-refractivity contribution >= 4 is 5.91 Å². The quantitative estimate of drug-likeness (QED) is 0.754. The maximum Gasteiger partial charge on any atom is 0.223 e. The van der Waals surface area contributed by atoms with Crippen molar-refractivity contribution < 1.29 is 4.79 Å². The van der Waals surface area contributed by atoms with Crippen molar-refractivity contribution in [3.8, 4) is 0 Å². The molecule has 3 heteroatoms. The fourth-order valence-corrected chi connectivity index (χ4v) is 2.55. The molecule has 1 aliphatic rings. The number of hydrogen-bond donors (Lipinski definition) is 1. The first kappa shape index (κ1) is 13.5. The van der Waals surface area contributed by atoms with Gasteiger partial charge in [0.25, 0.3) is 0 Å². The van der Waals surface area contributed by atoms with Gasteiger partial charge in [-0.3, -0.25) is 4.79 Å². The van der Waals surface area contributed by atoms with Crippen molar-refractivity contribution in [3.05, 3.63) is 0 Å². The lowest BCUT2D eigenvalue weighted by Gasteiger charge is -2.29. The molecule has 0 aliphatic heterocycles. The van der Waals surface area contributed by atoms with E-state index in [9.17, 15) is 4.79 Å². The Hall–Kier alpha value is -0.570. The van der Waals surface area contributed by atoms with Crippen LogP contribution >= 0.6 is 0 Å². The molecule has 0 heterocycles. The molecule has 3 nitrogen and oxygen atoms in total. The highest BCUT2D eigenvalue weighted by Crippen LogP contribution is 2.24. The smallest absolute Gasteiger partial charge is 0.223 e. The molecule has 0 bridgehead atoms. The lowest BCUT2D eigenvalue weighted by molar-refractivity contribution is -0.131. The van der Waals surface area contributed by atoms with Crippen molar-refractivity contribution in [3.63, 3.8) is 0 Å². The third kappa shape index (κ3) is 4.52. The van der Waals surface area contributed by atoms with Gasteiger partial charge in [0, 0.05) is 26.1 Å². The summed E-state index contributed by atoms with van der Waals surface area (Å²) in [6, 6.07) is 0. The van der Waals surface area contributed by atoms with E-state index in [2.05, 4.69) is 6.92 Å². The van der Waals surface area contributed by atoms with Crippen LogP contribution in [0.2, 0.25) is 0 Å². The summed E-state index contributed by atoms with van der Waals surface area (Å²) < 4.78 is 0. The van der Waals surface area contributed by atoms with E-state index in [0.29, 0.717) is 13.0 Å². The van der Waals surface area contributed by atoms with Crippen molar-refractivity contribution in [2.45, 2.75) is 51.9 Å². The van der Waals surface area contributed by atoms with Crippen LogP contribution in [-0.2, 0) is 4.79 Å². The highest BCUT2D eigenvalue weighted by molar-refractivity contribution is 5.76. The Labute approximate surface area is 99.4 Å². The zero-order valence-electron chi connectivity index (χ0n) is 10.6. The van der Waals surface area contributed by atoms with Crippen molar-refractivity contribution in [2.75, 3.05) is 19.6 Å². The van der Waals surface area contributed by atoms with E-state index >= 15 is 0 Å². The van der Waals surface area contributed by atoms with Crippen LogP contribution in [0.3, 0.4) is 0 Å².